The van der Waals surface area contributed by atoms with Crippen molar-refractivity contribution < 1.29 is 10.0 Å². The topological polar surface area (TPSA) is 114 Å². The van der Waals surface area contributed by atoms with Crippen molar-refractivity contribution in [2.45, 2.75) is 26.4 Å². The zero-order valence-corrected chi connectivity index (χ0v) is 11.1. The number of hydrogen-bond acceptors (Lipinski definition) is 4. The van der Waals surface area contributed by atoms with Gasteiger partial charge in [0.1, 0.15) is 0 Å². The quantitative estimate of drug-likeness (QED) is 0.257. The van der Waals surface area contributed by atoms with Crippen molar-refractivity contribution in [1.29, 1.82) is 0 Å². The summed E-state index contributed by atoms with van der Waals surface area (Å²) in [7, 11) is 0. The number of nitrogens with one attached hydrogen (secondary N) is 1. The predicted molar refractivity (Wildman–Crippen MR) is 73.6 cm³/mol. The summed E-state index contributed by atoms with van der Waals surface area (Å²) in [6.07, 6.45) is 0. The van der Waals surface area contributed by atoms with Gasteiger partial charge < -0.3 is 22.0 Å². The molecule has 1 unspecified atom stereocenters. The molecule has 0 radical (unpaired) electrons. The van der Waals surface area contributed by atoms with Gasteiger partial charge in [0.25, 0.3) is 0 Å². The molecule has 0 aliphatic carbocycles. The minimum atomic E-state index is -0.416. The molecule has 6 nitrogen and oxygen atoms in total. The summed E-state index contributed by atoms with van der Waals surface area (Å²) in [5.41, 5.74) is 12.4. The number of nitrogens with zero attached hydrogens (tertiary/aromatic N) is 1. The summed E-state index contributed by atoms with van der Waals surface area (Å²) >= 11 is 0. The van der Waals surface area contributed by atoms with Crippen molar-refractivity contribution in [2.75, 3.05) is 0 Å². The van der Waals surface area contributed by atoms with Crippen molar-refractivity contribution in [3.63, 3.8) is 0 Å². The number of oxime groups is 1. The van der Waals surface area contributed by atoms with E-state index in [1.165, 1.54) is 0 Å². The van der Waals surface area contributed by atoms with Gasteiger partial charge in [-0.25, -0.2) is 0 Å². The maximum Gasteiger partial charge on any atom is 0.234 e. The lowest BCUT2D eigenvalue weighted by Gasteiger charge is -2.19. The van der Waals surface area contributed by atoms with E-state index in [0.29, 0.717) is 12.1 Å². The maximum atomic E-state index is 11.3. The molecule has 0 saturated carbocycles. The molecule has 0 aliphatic rings. The van der Waals surface area contributed by atoms with E-state index in [1.807, 2.05) is 26.0 Å². The van der Waals surface area contributed by atoms with Crippen molar-refractivity contribution in [2.24, 2.45) is 22.5 Å². The number of primary amides is 1. The highest BCUT2D eigenvalue weighted by Crippen LogP contribution is 2.10. The highest BCUT2D eigenvalue weighted by molar-refractivity contribution is 5.98. The lowest BCUT2D eigenvalue weighted by atomic mass is 10.0. The second-order valence-corrected chi connectivity index (χ2v) is 4.65. The fraction of sp³-hybridized carbons (Fsp3) is 0.385. The van der Waals surface area contributed by atoms with Gasteiger partial charge in [0.05, 0.1) is 6.04 Å². The Hall–Kier alpha value is -2.08. The van der Waals surface area contributed by atoms with Gasteiger partial charge in [0.2, 0.25) is 5.91 Å². The van der Waals surface area contributed by atoms with Crippen molar-refractivity contribution in [3.05, 3.63) is 35.4 Å². The minimum absolute atomic E-state index is 0.0394. The van der Waals surface area contributed by atoms with Crippen molar-refractivity contribution in [1.82, 2.24) is 5.32 Å². The lowest BCUT2D eigenvalue weighted by molar-refractivity contribution is -0.121. The molecule has 1 atom stereocenters. The van der Waals surface area contributed by atoms with Gasteiger partial charge in [-0.05, 0) is 11.5 Å². The van der Waals surface area contributed by atoms with E-state index in [2.05, 4.69) is 10.5 Å². The van der Waals surface area contributed by atoms with Crippen LogP contribution in [-0.4, -0.2) is 23.0 Å². The first-order valence-corrected chi connectivity index (χ1v) is 6.05. The van der Waals surface area contributed by atoms with Crippen LogP contribution in [0.5, 0.6) is 0 Å². The summed E-state index contributed by atoms with van der Waals surface area (Å²) in [6.45, 7) is 4.24. The Morgan fingerprint density at radius 1 is 1.37 bits per heavy atom. The second kappa shape index (κ2) is 6.75. The van der Waals surface area contributed by atoms with Crippen LogP contribution in [0.25, 0.3) is 0 Å². The Morgan fingerprint density at radius 3 is 2.53 bits per heavy atom. The molecular weight excluding hydrogens is 244 g/mol. The molecule has 0 saturated heterocycles. The molecule has 1 rings (SSSR count). The van der Waals surface area contributed by atoms with Crippen LogP contribution in [-0.2, 0) is 11.3 Å². The number of nitrogens with two attached hydrogens (primary N) is 2. The zero-order chi connectivity index (χ0) is 14.4. The Labute approximate surface area is 112 Å². The SMILES string of the molecule is CC(C)C(NCc1ccccc1/C(N)=N/O)C(N)=O. The third-order valence-corrected chi connectivity index (χ3v) is 2.89. The zero-order valence-electron chi connectivity index (χ0n) is 11.1. The Kier molecular flexibility index (Phi) is 5.32. The van der Waals surface area contributed by atoms with Crippen LogP contribution < -0.4 is 16.8 Å². The molecule has 19 heavy (non-hydrogen) atoms. The fourth-order valence-corrected chi connectivity index (χ4v) is 1.86. The van der Waals surface area contributed by atoms with E-state index >= 15 is 0 Å². The van der Waals surface area contributed by atoms with E-state index in [9.17, 15) is 4.79 Å². The molecule has 0 aromatic heterocycles. The van der Waals surface area contributed by atoms with E-state index < -0.39 is 11.9 Å². The van der Waals surface area contributed by atoms with Crippen LogP contribution in [0.2, 0.25) is 0 Å². The lowest BCUT2D eigenvalue weighted by Crippen LogP contribution is -2.44. The van der Waals surface area contributed by atoms with E-state index in [4.69, 9.17) is 16.7 Å². The molecule has 1 aromatic rings. The van der Waals surface area contributed by atoms with Crippen LogP contribution in [0.15, 0.2) is 29.4 Å². The molecule has 6 N–H and O–H groups in total. The number of benzene rings is 1. The Balaban J connectivity index is 2.86. The standard InChI is InChI=1S/C13H20N4O2/c1-8(2)11(13(15)18)16-7-9-5-3-4-6-10(9)12(14)17-19/h3-6,8,11,16,19H,7H2,1-2H3,(H2,14,17)(H2,15,18). The van der Waals surface area contributed by atoms with E-state index in [1.54, 1.807) is 12.1 Å². The van der Waals surface area contributed by atoms with Crippen molar-refractivity contribution in [3.8, 4) is 0 Å². The molecule has 104 valence electrons. The maximum absolute atomic E-state index is 11.3. The number of amidine groups is 1. The van der Waals surface area contributed by atoms with Gasteiger partial charge in [-0.3, -0.25) is 4.79 Å². The predicted octanol–water partition coefficient (Wildman–Crippen LogP) is 0.381. The molecule has 1 aromatic carbocycles. The summed E-state index contributed by atoms with van der Waals surface area (Å²) in [5, 5.41) is 14.8. The van der Waals surface area contributed by atoms with Gasteiger partial charge in [-0.1, -0.05) is 43.3 Å². The molecule has 1 amide bonds. The van der Waals surface area contributed by atoms with Gasteiger partial charge in [-0.2, -0.15) is 0 Å². The average Bonchev–Trinajstić information content (AvgIpc) is 2.37. The van der Waals surface area contributed by atoms with Crippen LogP contribution in [0.3, 0.4) is 0 Å². The third kappa shape index (κ3) is 3.96. The first-order chi connectivity index (χ1) is 8.97. The summed E-state index contributed by atoms with van der Waals surface area (Å²) in [4.78, 5) is 11.3. The Bertz CT molecular complexity index is 471. The average molecular weight is 264 g/mol. The van der Waals surface area contributed by atoms with Gasteiger partial charge >= 0.3 is 0 Å². The van der Waals surface area contributed by atoms with Crippen molar-refractivity contribution >= 4 is 11.7 Å². The van der Waals surface area contributed by atoms with E-state index in [-0.39, 0.29) is 11.8 Å². The number of amides is 1. The first-order valence-electron chi connectivity index (χ1n) is 6.05. The monoisotopic (exact) mass is 264 g/mol. The third-order valence-electron chi connectivity index (χ3n) is 2.89. The summed E-state index contributed by atoms with van der Waals surface area (Å²) in [6, 6.07) is 6.82. The smallest absolute Gasteiger partial charge is 0.234 e. The molecule has 0 heterocycles. The second-order valence-electron chi connectivity index (χ2n) is 4.65. The Morgan fingerprint density at radius 2 is 2.00 bits per heavy atom. The van der Waals surface area contributed by atoms with Crippen LogP contribution in [0.1, 0.15) is 25.0 Å². The molecule has 0 fully saturated rings. The highest BCUT2D eigenvalue weighted by atomic mass is 16.4. The van der Waals surface area contributed by atoms with Gasteiger partial charge in [0, 0.05) is 12.1 Å². The first kappa shape index (κ1) is 15.0. The number of carbonyl (C=O) groups excluding carboxylic acids is 1. The molecule has 0 bridgehead atoms. The molecule has 0 aliphatic heterocycles. The summed E-state index contributed by atoms with van der Waals surface area (Å²) in [5.74, 6) is -0.262. The normalized spacial score (nSPS) is 13.5. The van der Waals surface area contributed by atoms with E-state index in [0.717, 1.165) is 5.56 Å². The van der Waals surface area contributed by atoms with Crippen LogP contribution >= 0.6 is 0 Å². The number of carbonyl (C=O) groups is 1. The fourth-order valence-electron chi connectivity index (χ4n) is 1.86. The molecule has 0 spiro atoms. The highest BCUT2D eigenvalue weighted by Gasteiger charge is 2.19. The number of rotatable bonds is 6. The van der Waals surface area contributed by atoms with Crippen LogP contribution in [0.4, 0.5) is 0 Å². The van der Waals surface area contributed by atoms with Gasteiger partial charge in [0.15, 0.2) is 5.84 Å². The summed E-state index contributed by atoms with van der Waals surface area (Å²) < 4.78 is 0. The molecular formula is C13H20N4O2. The number of hydrogen-bond donors (Lipinski definition) is 4. The van der Waals surface area contributed by atoms with Gasteiger partial charge in [-0.15, -0.1) is 0 Å². The largest absolute Gasteiger partial charge is 0.409 e. The molecule has 6 heteroatoms. The van der Waals surface area contributed by atoms with Crippen LogP contribution in [0, 0.1) is 5.92 Å². The minimum Gasteiger partial charge on any atom is -0.409 e.